The van der Waals surface area contributed by atoms with Gasteiger partial charge in [0, 0.05) is 44.1 Å². The van der Waals surface area contributed by atoms with E-state index in [-0.39, 0.29) is 5.91 Å². The largest absolute Gasteiger partial charge is 0.383 e. The van der Waals surface area contributed by atoms with Gasteiger partial charge < -0.3 is 10.0 Å². The van der Waals surface area contributed by atoms with Crippen molar-refractivity contribution in [2.45, 2.75) is 25.4 Å². The molecule has 2 aromatic carbocycles. The predicted octanol–water partition coefficient (Wildman–Crippen LogP) is 2.62. The molecule has 5 nitrogen and oxygen atoms in total. The zero-order valence-corrected chi connectivity index (χ0v) is 16.1. The molecule has 28 heavy (non-hydrogen) atoms. The Kier molecular flexibility index (Phi) is 5.26. The number of aryl methyl sites for hydroxylation is 1. The Morgan fingerprint density at radius 1 is 1.04 bits per heavy atom. The molecule has 1 N–H and O–H groups in total. The van der Waals surface area contributed by atoms with E-state index in [1.807, 2.05) is 60.3 Å². The zero-order valence-electron chi connectivity index (χ0n) is 16.1. The summed E-state index contributed by atoms with van der Waals surface area (Å²) >= 11 is 0. The first kappa shape index (κ1) is 18.4. The number of carbonyl (C=O) groups is 1. The van der Waals surface area contributed by atoms with E-state index in [4.69, 9.17) is 5.10 Å². The van der Waals surface area contributed by atoms with Crippen LogP contribution >= 0.6 is 0 Å². The summed E-state index contributed by atoms with van der Waals surface area (Å²) in [7, 11) is 1.98. The van der Waals surface area contributed by atoms with E-state index in [1.54, 1.807) is 4.90 Å². The molecule has 4 rings (SSSR count). The fourth-order valence-corrected chi connectivity index (χ4v) is 4.00. The Hall–Kier alpha value is -2.92. The number of nitrogens with zero attached hydrogens (tertiary/aromatic N) is 3. The maximum absolute atomic E-state index is 12.8. The van der Waals surface area contributed by atoms with Crippen molar-refractivity contribution in [2.75, 3.05) is 13.1 Å². The van der Waals surface area contributed by atoms with Gasteiger partial charge in [0.1, 0.15) is 6.10 Å². The first-order valence-electron chi connectivity index (χ1n) is 9.74. The highest BCUT2D eigenvalue weighted by Gasteiger charge is 2.27. The lowest BCUT2D eigenvalue weighted by Crippen LogP contribution is -2.41. The van der Waals surface area contributed by atoms with Gasteiger partial charge in [-0.05, 0) is 12.0 Å². The summed E-state index contributed by atoms with van der Waals surface area (Å²) in [5.74, 6) is -0.195. The topological polar surface area (TPSA) is 58.4 Å². The van der Waals surface area contributed by atoms with Gasteiger partial charge in [-0.15, -0.1) is 0 Å². The third-order valence-corrected chi connectivity index (χ3v) is 5.39. The predicted molar refractivity (Wildman–Crippen MR) is 109 cm³/mol. The third-order valence-electron chi connectivity index (χ3n) is 5.39. The van der Waals surface area contributed by atoms with Crippen molar-refractivity contribution >= 4 is 5.91 Å². The summed E-state index contributed by atoms with van der Waals surface area (Å²) in [4.78, 5) is 14.6. The van der Waals surface area contributed by atoms with Gasteiger partial charge in [-0.2, -0.15) is 5.10 Å². The average molecular weight is 375 g/mol. The van der Waals surface area contributed by atoms with Crippen LogP contribution in [0.4, 0.5) is 0 Å². The van der Waals surface area contributed by atoms with Crippen molar-refractivity contribution < 1.29 is 9.90 Å². The first-order chi connectivity index (χ1) is 13.6. The molecule has 2 heterocycles. The normalized spacial score (nSPS) is 15.0. The standard InChI is InChI=1S/C23H25N3O2/c1-25-22(18-10-6-3-7-11-18)19-12-14-26(15-13-20(19)24-25)23(28)21(27)16-17-8-4-2-5-9-17/h2-11,21,27H,12-16H2,1H3/t21-/m0/s1. The van der Waals surface area contributed by atoms with Crippen LogP contribution in [0.25, 0.3) is 11.3 Å². The van der Waals surface area contributed by atoms with E-state index in [2.05, 4.69) is 12.1 Å². The van der Waals surface area contributed by atoms with Gasteiger partial charge in [0.05, 0.1) is 11.4 Å². The smallest absolute Gasteiger partial charge is 0.251 e. The van der Waals surface area contributed by atoms with Crippen molar-refractivity contribution in [1.82, 2.24) is 14.7 Å². The van der Waals surface area contributed by atoms with Gasteiger partial charge in [-0.1, -0.05) is 60.7 Å². The molecule has 0 radical (unpaired) electrons. The van der Waals surface area contributed by atoms with Crippen LogP contribution in [-0.4, -0.2) is 44.9 Å². The summed E-state index contributed by atoms with van der Waals surface area (Å²) < 4.78 is 1.95. The molecule has 1 aromatic heterocycles. The van der Waals surface area contributed by atoms with Crippen molar-refractivity contribution in [3.8, 4) is 11.3 Å². The maximum atomic E-state index is 12.8. The van der Waals surface area contributed by atoms with E-state index >= 15 is 0 Å². The Labute approximate surface area is 165 Å². The minimum atomic E-state index is -1.01. The number of benzene rings is 2. The second kappa shape index (κ2) is 7.98. The summed E-state index contributed by atoms with van der Waals surface area (Å²) in [5, 5.41) is 15.2. The molecule has 3 aromatic rings. The number of aromatic nitrogens is 2. The molecule has 0 spiro atoms. The quantitative estimate of drug-likeness (QED) is 0.763. The zero-order chi connectivity index (χ0) is 19.5. The SMILES string of the molecule is Cn1nc2c(c1-c1ccccc1)CCN(C(=O)[C@@H](O)Cc1ccccc1)CC2. The highest BCUT2D eigenvalue weighted by molar-refractivity contribution is 5.81. The number of carbonyl (C=O) groups excluding carboxylic acids is 1. The van der Waals surface area contributed by atoms with E-state index in [0.29, 0.717) is 25.9 Å². The number of fused-ring (bicyclic) bond motifs is 1. The average Bonchev–Trinajstić information content (AvgIpc) is 2.90. The summed E-state index contributed by atoms with van der Waals surface area (Å²) in [6.45, 7) is 1.19. The van der Waals surface area contributed by atoms with Gasteiger partial charge in [0.2, 0.25) is 0 Å². The highest BCUT2D eigenvalue weighted by atomic mass is 16.3. The monoisotopic (exact) mass is 375 g/mol. The van der Waals surface area contributed by atoms with Crippen LogP contribution in [0.1, 0.15) is 16.8 Å². The molecule has 1 atom stereocenters. The number of hydrogen-bond acceptors (Lipinski definition) is 3. The van der Waals surface area contributed by atoms with E-state index in [1.165, 1.54) is 5.56 Å². The molecule has 5 heteroatoms. The Balaban J connectivity index is 1.49. The van der Waals surface area contributed by atoms with Gasteiger partial charge in [-0.25, -0.2) is 0 Å². The summed E-state index contributed by atoms with van der Waals surface area (Å²) in [5.41, 5.74) is 5.49. The lowest BCUT2D eigenvalue weighted by atomic mass is 10.0. The highest BCUT2D eigenvalue weighted by Crippen LogP contribution is 2.28. The molecular formula is C23H25N3O2. The van der Waals surface area contributed by atoms with Gasteiger partial charge in [0.25, 0.3) is 5.91 Å². The van der Waals surface area contributed by atoms with Crippen molar-refractivity contribution in [2.24, 2.45) is 7.05 Å². The van der Waals surface area contributed by atoms with Gasteiger partial charge in [-0.3, -0.25) is 9.48 Å². The molecule has 0 unspecified atom stereocenters. The second-order valence-electron chi connectivity index (χ2n) is 7.29. The molecule has 1 aliphatic rings. The molecular weight excluding hydrogens is 350 g/mol. The lowest BCUT2D eigenvalue weighted by Gasteiger charge is -2.23. The molecule has 1 amide bonds. The summed E-state index contributed by atoms with van der Waals surface area (Å²) in [6, 6.07) is 19.9. The van der Waals surface area contributed by atoms with Crippen LogP contribution in [-0.2, 0) is 31.1 Å². The molecule has 0 aliphatic carbocycles. The number of aliphatic hydroxyl groups is 1. The third kappa shape index (κ3) is 3.71. The van der Waals surface area contributed by atoms with Crippen LogP contribution in [0.3, 0.4) is 0 Å². The molecule has 0 fully saturated rings. The van der Waals surface area contributed by atoms with E-state index < -0.39 is 6.10 Å². The van der Waals surface area contributed by atoms with Crippen molar-refractivity contribution in [3.63, 3.8) is 0 Å². The van der Waals surface area contributed by atoms with Crippen LogP contribution in [0.2, 0.25) is 0 Å². The number of amides is 1. The maximum Gasteiger partial charge on any atom is 0.251 e. The van der Waals surface area contributed by atoms with Crippen molar-refractivity contribution in [1.29, 1.82) is 0 Å². The van der Waals surface area contributed by atoms with Crippen LogP contribution in [0, 0.1) is 0 Å². The Bertz CT molecular complexity index is 951. The van der Waals surface area contributed by atoms with Crippen LogP contribution in [0.15, 0.2) is 60.7 Å². The molecule has 0 saturated heterocycles. The Morgan fingerprint density at radius 3 is 2.39 bits per heavy atom. The fourth-order valence-electron chi connectivity index (χ4n) is 4.00. The fraction of sp³-hybridized carbons (Fsp3) is 0.304. The minimum absolute atomic E-state index is 0.195. The number of aliphatic hydroxyl groups excluding tert-OH is 1. The molecule has 144 valence electrons. The molecule has 0 bridgehead atoms. The van der Waals surface area contributed by atoms with Crippen molar-refractivity contribution in [3.05, 3.63) is 77.5 Å². The van der Waals surface area contributed by atoms with E-state index in [0.717, 1.165) is 28.9 Å². The second-order valence-corrected chi connectivity index (χ2v) is 7.29. The van der Waals surface area contributed by atoms with E-state index in [9.17, 15) is 9.90 Å². The van der Waals surface area contributed by atoms with Crippen LogP contribution in [0.5, 0.6) is 0 Å². The number of hydrogen-bond donors (Lipinski definition) is 1. The molecule has 1 aliphatic heterocycles. The van der Waals surface area contributed by atoms with Gasteiger partial charge >= 0.3 is 0 Å². The van der Waals surface area contributed by atoms with Gasteiger partial charge in [0.15, 0.2) is 0 Å². The molecule has 0 saturated carbocycles. The lowest BCUT2D eigenvalue weighted by molar-refractivity contribution is -0.140. The number of rotatable bonds is 4. The Morgan fingerprint density at radius 2 is 1.68 bits per heavy atom. The first-order valence-corrected chi connectivity index (χ1v) is 9.74. The summed E-state index contributed by atoms with van der Waals surface area (Å²) in [6.07, 6.45) is 0.793. The minimum Gasteiger partial charge on any atom is -0.383 e. The van der Waals surface area contributed by atoms with Crippen LogP contribution < -0.4 is 0 Å².